The molecule has 3 atom stereocenters. The summed E-state index contributed by atoms with van der Waals surface area (Å²) in [6, 6.07) is 20.6. The second-order valence-corrected chi connectivity index (χ2v) is 7.90. The molecule has 2 aliphatic rings. The summed E-state index contributed by atoms with van der Waals surface area (Å²) in [5, 5.41) is 13.6. The van der Waals surface area contributed by atoms with Crippen molar-refractivity contribution in [2.24, 2.45) is 5.92 Å². The van der Waals surface area contributed by atoms with Crippen molar-refractivity contribution < 1.29 is 19.3 Å². The molecule has 3 aromatic carbocycles. The number of nitrogens with zero attached hydrogens (tertiary/aromatic N) is 3. The molecule has 2 fully saturated rings. The Morgan fingerprint density at radius 2 is 1.56 bits per heavy atom. The first-order valence-electron chi connectivity index (χ1n) is 9.85. The van der Waals surface area contributed by atoms with Crippen molar-refractivity contribution in [1.82, 2.24) is 0 Å². The van der Waals surface area contributed by atoms with Crippen LogP contribution in [0.4, 0.5) is 17.1 Å². The zero-order valence-electron chi connectivity index (χ0n) is 16.5. The number of rotatable bonds is 4. The Balaban J connectivity index is 1.64. The number of fused-ring (bicyclic) bond motifs is 1. The summed E-state index contributed by atoms with van der Waals surface area (Å²) < 4.78 is 0. The van der Waals surface area contributed by atoms with Gasteiger partial charge in [0.15, 0.2) is 6.10 Å². The maximum atomic E-state index is 13.5. The average molecular weight is 450 g/mol. The Morgan fingerprint density at radius 1 is 0.875 bits per heavy atom. The third-order valence-corrected chi connectivity index (χ3v) is 5.88. The summed E-state index contributed by atoms with van der Waals surface area (Å²) in [6.07, 6.45) is -1.12. The first-order chi connectivity index (χ1) is 15.5. The largest absolute Gasteiger partial charge is 0.274 e. The van der Waals surface area contributed by atoms with Crippen molar-refractivity contribution in [3.8, 4) is 0 Å². The van der Waals surface area contributed by atoms with E-state index in [1.54, 1.807) is 60.7 Å². The van der Waals surface area contributed by atoms with Crippen LogP contribution >= 0.6 is 11.6 Å². The normalized spacial score (nSPS) is 22.3. The molecule has 2 aliphatic heterocycles. The maximum absolute atomic E-state index is 13.5. The Labute approximate surface area is 187 Å². The topological polar surface area (TPSA) is 93.0 Å². The number of anilines is 2. The van der Waals surface area contributed by atoms with Crippen molar-refractivity contribution in [3.63, 3.8) is 0 Å². The first-order valence-corrected chi connectivity index (χ1v) is 10.2. The summed E-state index contributed by atoms with van der Waals surface area (Å²) >= 11 is 6.06. The highest BCUT2D eigenvalue weighted by Crippen LogP contribution is 2.49. The number of imide groups is 1. The summed E-state index contributed by atoms with van der Waals surface area (Å²) in [4.78, 5) is 45.1. The number of hydrogen-bond acceptors (Lipinski definition) is 6. The molecule has 0 aromatic heterocycles. The monoisotopic (exact) mass is 449 g/mol. The van der Waals surface area contributed by atoms with Crippen LogP contribution in [0.15, 0.2) is 78.9 Å². The van der Waals surface area contributed by atoms with Gasteiger partial charge in [0, 0.05) is 11.1 Å². The van der Waals surface area contributed by atoms with Crippen LogP contribution in [-0.4, -0.2) is 22.8 Å². The molecule has 2 heterocycles. The molecule has 0 unspecified atom stereocenters. The minimum atomic E-state index is -1.12. The number of benzene rings is 3. The van der Waals surface area contributed by atoms with Gasteiger partial charge in [-0.1, -0.05) is 48.0 Å². The fraction of sp³-hybridized carbons (Fsp3) is 0.130. The lowest BCUT2D eigenvalue weighted by atomic mass is 9.89. The fourth-order valence-corrected chi connectivity index (χ4v) is 4.49. The number of amides is 2. The highest BCUT2D eigenvalue weighted by atomic mass is 35.5. The highest BCUT2D eigenvalue weighted by Gasteiger charge is 2.61. The molecule has 9 heteroatoms. The molecule has 2 saturated heterocycles. The smallest absolute Gasteiger partial charge is 0.273 e. The van der Waals surface area contributed by atoms with Crippen molar-refractivity contribution in [2.45, 2.75) is 12.1 Å². The van der Waals surface area contributed by atoms with Crippen LogP contribution in [0.5, 0.6) is 0 Å². The molecule has 160 valence electrons. The van der Waals surface area contributed by atoms with Gasteiger partial charge < -0.3 is 0 Å². The molecule has 0 N–H and O–H groups in total. The quantitative estimate of drug-likeness (QED) is 0.335. The van der Waals surface area contributed by atoms with Crippen LogP contribution in [0.2, 0.25) is 5.02 Å². The second kappa shape index (κ2) is 7.74. The van der Waals surface area contributed by atoms with E-state index in [9.17, 15) is 19.7 Å². The maximum Gasteiger partial charge on any atom is 0.274 e. The Hall–Kier alpha value is -3.75. The Morgan fingerprint density at radius 3 is 2.28 bits per heavy atom. The van der Waals surface area contributed by atoms with Crippen LogP contribution in [-0.2, 0) is 14.4 Å². The predicted molar refractivity (Wildman–Crippen MR) is 117 cm³/mol. The lowest BCUT2D eigenvalue weighted by Gasteiger charge is -2.28. The van der Waals surface area contributed by atoms with Crippen LogP contribution in [0.1, 0.15) is 11.6 Å². The molecule has 0 saturated carbocycles. The Kier molecular flexibility index (Phi) is 4.88. The van der Waals surface area contributed by atoms with E-state index >= 15 is 0 Å². The number of para-hydroxylation sites is 2. The van der Waals surface area contributed by atoms with Gasteiger partial charge in [-0.2, -0.15) is 0 Å². The fourth-order valence-electron chi connectivity index (χ4n) is 4.30. The van der Waals surface area contributed by atoms with Crippen molar-refractivity contribution >= 4 is 40.5 Å². The third kappa shape index (κ3) is 3.12. The lowest BCUT2D eigenvalue weighted by molar-refractivity contribution is -0.385. The van der Waals surface area contributed by atoms with Gasteiger partial charge >= 0.3 is 0 Å². The molecular weight excluding hydrogens is 434 g/mol. The predicted octanol–water partition coefficient (Wildman–Crippen LogP) is 4.30. The molecule has 0 radical (unpaired) electrons. The SMILES string of the molecule is O=C1[C@H]2[C@@H](ON(c3ccccc3)[C@H]2c2ccccc2[N+](=O)[O-])C(=O)N1c1cccc(Cl)c1. The van der Waals surface area contributed by atoms with Crippen LogP contribution in [0.25, 0.3) is 0 Å². The lowest BCUT2D eigenvalue weighted by Crippen LogP contribution is -2.37. The molecule has 5 rings (SSSR count). The van der Waals surface area contributed by atoms with E-state index in [2.05, 4.69) is 0 Å². The summed E-state index contributed by atoms with van der Waals surface area (Å²) in [5.74, 6) is -2.00. The summed E-state index contributed by atoms with van der Waals surface area (Å²) in [7, 11) is 0. The van der Waals surface area contributed by atoms with E-state index in [-0.39, 0.29) is 5.69 Å². The molecule has 2 amide bonds. The zero-order valence-corrected chi connectivity index (χ0v) is 17.3. The molecule has 3 aromatic rings. The second-order valence-electron chi connectivity index (χ2n) is 7.47. The Bertz CT molecular complexity index is 1240. The number of nitro benzene ring substituents is 1. The minimum Gasteiger partial charge on any atom is -0.273 e. The van der Waals surface area contributed by atoms with E-state index < -0.39 is 34.8 Å². The van der Waals surface area contributed by atoms with Gasteiger partial charge in [-0.15, -0.1) is 0 Å². The van der Waals surface area contributed by atoms with Gasteiger partial charge in [0.05, 0.1) is 21.9 Å². The zero-order chi connectivity index (χ0) is 22.4. The van der Waals surface area contributed by atoms with Gasteiger partial charge in [0.2, 0.25) is 5.91 Å². The van der Waals surface area contributed by atoms with Crippen molar-refractivity contribution in [2.75, 3.05) is 9.96 Å². The van der Waals surface area contributed by atoms with Crippen LogP contribution in [0, 0.1) is 16.0 Å². The molecule has 0 aliphatic carbocycles. The molecule has 0 bridgehead atoms. The van der Waals surface area contributed by atoms with Crippen LogP contribution < -0.4 is 9.96 Å². The molecular formula is C23H16ClN3O5. The van der Waals surface area contributed by atoms with Crippen molar-refractivity contribution in [3.05, 3.63) is 99.6 Å². The van der Waals surface area contributed by atoms with Gasteiger partial charge in [-0.25, -0.2) is 9.96 Å². The summed E-state index contributed by atoms with van der Waals surface area (Å²) in [6.45, 7) is 0. The molecule has 32 heavy (non-hydrogen) atoms. The number of carbonyl (C=O) groups is 2. The van der Waals surface area contributed by atoms with Gasteiger partial charge in [0.25, 0.3) is 11.6 Å². The number of nitro groups is 1. The van der Waals surface area contributed by atoms with E-state index in [0.717, 1.165) is 4.90 Å². The van der Waals surface area contributed by atoms with Gasteiger partial charge in [-0.3, -0.25) is 24.5 Å². The van der Waals surface area contributed by atoms with E-state index in [1.165, 1.54) is 17.2 Å². The number of hydrogen-bond donors (Lipinski definition) is 0. The summed E-state index contributed by atoms with van der Waals surface area (Å²) in [5.41, 5.74) is 1.06. The van der Waals surface area contributed by atoms with Gasteiger partial charge in [0.1, 0.15) is 12.0 Å². The number of carbonyl (C=O) groups excluding carboxylic acids is 2. The first kappa shape index (κ1) is 20.2. The highest BCUT2D eigenvalue weighted by molar-refractivity contribution is 6.31. The van der Waals surface area contributed by atoms with Crippen LogP contribution in [0.3, 0.4) is 0 Å². The average Bonchev–Trinajstić information content (AvgIpc) is 3.30. The van der Waals surface area contributed by atoms with E-state index in [4.69, 9.17) is 16.4 Å². The molecule has 8 nitrogen and oxygen atoms in total. The minimum absolute atomic E-state index is 0.149. The van der Waals surface area contributed by atoms with Crippen molar-refractivity contribution in [1.29, 1.82) is 0 Å². The van der Waals surface area contributed by atoms with Gasteiger partial charge in [-0.05, 0) is 36.4 Å². The van der Waals surface area contributed by atoms with E-state index in [1.807, 2.05) is 6.07 Å². The standard InChI is InChI=1S/C23H16ClN3O5/c24-14-7-6-10-16(13-14)25-22(28)19-20(17-11-4-5-12-18(17)27(30)31)26(32-21(19)23(25)29)15-8-2-1-3-9-15/h1-13,19-21H/t19-,20+,21-/m1/s1. The number of hydroxylamine groups is 1. The third-order valence-electron chi connectivity index (χ3n) is 5.64. The number of halogens is 1. The van der Waals surface area contributed by atoms with E-state index in [0.29, 0.717) is 22.0 Å². The molecule has 0 spiro atoms.